The Kier molecular flexibility index (Phi) is 5.01. The Bertz CT molecular complexity index is 740. The first kappa shape index (κ1) is 16.3. The Morgan fingerprint density at radius 1 is 1.21 bits per heavy atom. The number of hydrogen-bond donors (Lipinski definition) is 1. The van der Waals surface area contributed by atoms with Crippen LogP contribution in [0.5, 0.6) is 0 Å². The fraction of sp³-hybridized carbons (Fsp3) is 0.316. The van der Waals surface area contributed by atoms with Crippen LogP contribution in [0.1, 0.15) is 38.5 Å². The van der Waals surface area contributed by atoms with E-state index in [0.717, 1.165) is 11.3 Å². The smallest absolute Gasteiger partial charge is 0.269 e. The number of benzene rings is 1. The van der Waals surface area contributed by atoms with Crippen LogP contribution in [0.25, 0.3) is 0 Å². The topological polar surface area (TPSA) is 68.3 Å². The average molecular weight is 324 g/mol. The second-order valence-corrected chi connectivity index (χ2v) is 6.00. The van der Waals surface area contributed by atoms with Crippen molar-refractivity contribution in [2.24, 2.45) is 5.92 Å². The predicted octanol–water partition coefficient (Wildman–Crippen LogP) is 2.25. The summed E-state index contributed by atoms with van der Waals surface area (Å²) in [5, 5.41) is 2.57. The summed E-state index contributed by atoms with van der Waals surface area (Å²) in [6, 6.07) is 13.2. The van der Waals surface area contributed by atoms with Crippen LogP contribution in [0.15, 0.2) is 42.5 Å². The van der Waals surface area contributed by atoms with Gasteiger partial charge < -0.3 is 10.1 Å². The third-order valence-corrected chi connectivity index (χ3v) is 4.07. The molecule has 0 spiro atoms. The van der Waals surface area contributed by atoms with Crippen molar-refractivity contribution in [3.63, 3.8) is 0 Å². The zero-order chi connectivity index (χ0) is 16.9. The summed E-state index contributed by atoms with van der Waals surface area (Å²) in [7, 11) is 1.56. The van der Waals surface area contributed by atoms with Crippen molar-refractivity contribution in [2.75, 3.05) is 20.3 Å². The highest BCUT2D eigenvalue weighted by Crippen LogP contribution is 2.19. The van der Waals surface area contributed by atoms with Gasteiger partial charge in [-0.05, 0) is 17.7 Å². The summed E-state index contributed by atoms with van der Waals surface area (Å²) in [5.74, 6) is 0.0304. The number of rotatable bonds is 6. The summed E-state index contributed by atoms with van der Waals surface area (Å²) in [5.41, 5.74) is 2.63. The van der Waals surface area contributed by atoms with Gasteiger partial charge in [-0.2, -0.15) is 0 Å². The van der Waals surface area contributed by atoms with Gasteiger partial charge >= 0.3 is 0 Å². The second-order valence-electron chi connectivity index (χ2n) is 6.00. The highest BCUT2D eigenvalue weighted by molar-refractivity contribution is 5.99. The van der Waals surface area contributed by atoms with Crippen LogP contribution in [-0.4, -0.2) is 36.9 Å². The zero-order valence-electron chi connectivity index (χ0n) is 13.6. The fourth-order valence-corrected chi connectivity index (χ4v) is 2.67. The van der Waals surface area contributed by atoms with E-state index < -0.39 is 0 Å². The molecule has 0 unspecified atom stereocenters. The fourth-order valence-electron chi connectivity index (χ4n) is 2.67. The Labute approximate surface area is 141 Å². The second kappa shape index (κ2) is 7.36. The van der Waals surface area contributed by atoms with Gasteiger partial charge in [0.25, 0.3) is 5.91 Å². The molecule has 24 heavy (non-hydrogen) atoms. The summed E-state index contributed by atoms with van der Waals surface area (Å²) in [6.45, 7) is 1.27. The van der Waals surface area contributed by atoms with Crippen molar-refractivity contribution in [3.05, 3.63) is 65.0 Å². The van der Waals surface area contributed by atoms with E-state index in [1.165, 1.54) is 0 Å². The molecule has 1 aliphatic heterocycles. The van der Waals surface area contributed by atoms with Crippen LogP contribution in [0.2, 0.25) is 0 Å². The van der Waals surface area contributed by atoms with Gasteiger partial charge in [0.2, 0.25) is 0 Å². The van der Waals surface area contributed by atoms with E-state index in [1.54, 1.807) is 19.2 Å². The lowest BCUT2D eigenvalue weighted by molar-refractivity contribution is -0.0321. The summed E-state index contributed by atoms with van der Waals surface area (Å²) >= 11 is 0. The number of ketones is 1. The maximum absolute atomic E-state index is 12.5. The van der Waals surface area contributed by atoms with E-state index in [-0.39, 0.29) is 23.3 Å². The number of carbonyl (C=O) groups is 2. The Hall–Kier alpha value is -2.53. The third kappa shape index (κ3) is 3.86. The first-order valence-electron chi connectivity index (χ1n) is 8.03. The average Bonchev–Trinajstić information content (AvgIpc) is 2.57. The van der Waals surface area contributed by atoms with Crippen molar-refractivity contribution in [2.45, 2.75) is 12.8 Å². The minimum absolute atomic E-state index is 0.0326. The molecule has 124 valence electrons. The molecule has 1 fully saturated rings. The Morgan fingerprint density at radius 3 is 2.58 bits per heavy atom. The molecule has 1 aromatic heterocycles. The number of amides is 1. The highest BCUT2D eigenvalue weighted by Gasteiger charge is 2.23. The predicted molar refractivity (Wildman–Crippen MR) is 90.1 cm³/mol. The lowest BCUT2D eigenvalue weighted by Crippen LogP contribution is -2.29. The van der Waals surface area contributed by atoms with Crippen LogP contribution >= 0.6 is 0 Å². The molecule has 0 saturated carbocycles. The number of Topliss-reactive ketones (excluding diaryl/α,β-unsaturated/α-hetero) is 1. The molecule has 0 atom stereocenters. The molecule has 5 nitrogen and oxygen atoms in total. The molecule has 1 saturated heterocycles. The summed E-state index contributed by atoms with van der Waals surface area (Å²) in [4.78, 5) is 28.9. The number of ether oxygens (including phenoxy) is 1. The van der Waals surface area contributed by atoms with E-state index in [1.807, 2.05) is 30.3 Å². The Morgan fingerprint density at radius 2 is 1.96 bits per heavy atom. The maximum atomic E-state index is 12.5. The molecule has 1 N–H and O–H groups in total. The molecule has 1 amide bonds. The van der Waals surface area contributed by atoms with Gasteiger partial charge in [0.15, 0.2) is 5.78 Å². The first-order valence-corrected chi connectivity index (χ1v) is 8.03. The lowest BCUT2D eigenvalue weighted by Gasteiger charge is -2.25. The van der Waals surface area contributed by atoms with E-state index >= 15 is 0 Å². The van der Waals surface area contributed by atoms with Gasteiger partial charge in [0.05, 0.1) is 13.2 Å². The number of nitrogens with zero attached hydrogens (tertiary/aromatic N) is 1. The minimum atomic E-state index is -0.286. The summed E-state index contributed by atoms with van der Waals surface area (Å²) in [6.07, 6.45) is 1.03. The molecule has 2 aromatic rings. The van der Waals surface area contributed by atoms with E-state index in [2.05, 4.69) is 10.3 Å². The molecule has 0 bridgehead atoms. The molecule has 0 radical (unpaired) electrons. The van der Waals surface area contributed by atoms with Crippen LogP contribution < -0.4 is 5.32 Å². The Balaban J connectivity index is 1.87. The van der Waals surface area contributed by atoms with E-state index in [4.69, 9.17) is 4.74 Å². The van der Waals surface area contributed by atoms with Crippen LogP contribution in [0.4, 0.5) is 0 Å². The minimum Gasteiger partial charge on any atom is -0.381 e. The van der Waals surface area contributed by atoms with Crippen molar-refractivity contribution in [1.82, 2.24) is 10.3 Å². The number of aromatic nitrogens is 1. The van der Waals surface area contributed by atoms with Crippen molar-refractivity contribution in [1.29, 1.82) is 0 Å². The third-order valence-electron chi connectivity index (χ3n) is 4.07. The molecule has 1 aromatic carbocycles. The van der Waals surface area contributed by atoms with Crippen LogP contribution in [0.3, 0.4) is 0 Å². The van der Waals surface area contributed by atoms with Gasteiger partial charge in [-0.1, -0.05) is 30.3 Å². The maximum Gasteiger partial charge on any atom is 0.269 e. The summed E-state index contributed by atoms with van der Waals surface area (Å²) < 4.78 is 5.13. The molecule has 3 rings (SSSR count). The molecular formula is C19H20N2O3. The van der Waals surface area contributed by atoms with Gasteiger partial charge in [0, 0.05) is 37.1 Å². The molecule has 0 aliphatic carbocycles. The number of nitrogens with one attached hydrogen (secondary N) is 1. The van der Waals surface area contributed by atoms with Gasteiger partial charge in [-0.15, -0.1) is 0 Å². The normalized spacial score (nSPS) is 14.0. The largest absolute Gasteiger partial charge is 0.381 e. The first-order chi connectivity index (χ1) is 11.7. The molecule has 2 heterocycles. The quantitative estimate of drug-likeness (QED) is 0.828. The molecule has 1 aliphatic rings. The monoisotopic (exact) mass is 324 g/mol. The van der Waals surface area contributed by atoms with Crippen molar-refractivity contribution in [3.8, 4) is 0 Å². The number of pyridine rings is 1. The van der Waals surface area contributed by atoms with Gasteiger partial charge in [0.1, 0.15) is 5.69 Å². The number of hydrogen-bond acceptors (Lipinski definition) is 4. The van der Waals surface area contributed by atoms with Crippen LogP contribution in [0, 0.1) is 5.92 Å². The van der Waals surface area contributed by atoms with Crippen molar-refractivity contribution >= 4 is 11.7 Å². The van der Waals surface area contributed by atoms with E-state index in [0.29, 0.717) is 31.6 Å². The lowest BCUT2D eigenvalue weighted by atomic mass is 9.96. The van der Waals surface area contributed by atoms with Gasteiger partial charge in [-0.25, -0.2) is 4.98 Å². The SMILES string of the molecule is CNC(=O)c1cc(C(=O)CC2COC2)cc(Cc2ccccc2)n1. The standard InChI is InChI=1S/C19H20N2O3/c1-20-19(23)17-10-15(18(22)8-14-11-24-12-14)9-16(21-17)7-13-5-3-2-4-6-13/h2-6,9-10,14H,7-8,11-12H2,1H3,(H,20,23). The molecule has 5 heteroatoms. The zero-order valence-corrected chi connectivity index (χ0v) is 13.6. The van der Waals surface area contributed by atoms with Crippen molar-refractivity contribution < 1.29 is 14.3 Å². The highest BCUT2D eigenvalue weighted by atomic mass is 16.5. The van der Waals surface area contributed by atoms with Crippen LogP contribution in [-0.2, 0) is 11.2 Å². The van der Waals surface area contributed by atoms with Gasteiger partial charge in [-0.3, -0.25) is 9.59 Å². The molecular weight excluding hydrogens is 304 g/mol. The van der Waals surface area contributed by atoms with E-state index in [9.17, 15) is 9.59 Å². The number of carbonyl (C=O) groups excluding carboxylic acids is 2.